The smallest absolute Gasteiger partial charge is 0.393 e. The van der Waals surface area contributed by atoms with Crippen molar-refractivity contribution in [3.8, 4) is 0 Å². The van der Waals surface area contributed by atoms with Crippen LogP contribution in [0.1, 0.15) is 30.0 Å². The molecule has 0 spiro atoms. The van der Waals surface area contributed by atoms with Gasteiger partial charge in [-0.15, -0.1) is 0 Å². The molecule has 1 aliphatic heterocycles. The van der Waals surface area contributed by atoms with Gasteiger partial charge >= 0.3 is 12.1 Å². The van der Waals surface area contributed by atoms with Gasteiger partial charge in [-0.2, -0.15) is 13.2 Å². The van der Waals surface area contributed by atoms with Gasteiger partial charge < -0.3 is 5.11 Å². The van der Waals surface area contributed by atoms with E-state index in [1.54, 1.807) is 4.90 Å². The summed E-state index contributed by atoms with van der Waals surface area (Å²) in [4.78, 5) is 12.9. The van der Waals surface area contributed by atoms with Gasteiger partial charge in [0, 0.05) is 19.1 Å². The number of carbonyl (C=O) groups is 1. The monoisotopic (exact) mass is 313 g/mol. The summed E-state index contributed by atoms with van der Waals surface area (Å²) >= 11 is 0. The third-order valence-electron chi connectivity index (χ3n) is 4.86. The molecular formula is C16H18F3NO2. The molecule has 1 N–H and O–H groups in total. The van der Waals surface area contributed by atoms with Gasteiger partial charge in [-0.25, -0.2) is 0 Å². The maximum absolute atomic E-state index is 13.1. The van der Waals surface area contributed by atoms with Crippen molar-refractivity contribution in [1.82, 2.24) is 4.90 Å². The Bertz CT molecular complexity index is 573. The fraction of sp³-hybridized carbons (Fsp3) is 0.562. The first kappa shape index (κ1) is 15.3. The SMILES string of the molecule is O=C(O)[C@@H]1CN(C2CCCc3ccccc32)C[C@H]1C(F)(F)F. The number of carboxylic acids is 1. The van der Waals surface area contributed by atoms with Gasteiger partial charge in [-0.05, 0) is 30.4 Å². The number of benzene rings is 1. The molecule has 1 aromatic carbocycles. The molecule has 1 saturated heterocycles. The predicted molar refractivity (Wildman–Crippen MR) is 74.4 cm³/mol. The highest BCUT2D eigenvalue weighted by Gasteiger charge is 2.53. The lowest BCUT2D eigenvalue weighted by molar-refractivity contribution is -0.188. The molecule has 0 bridgehead atoms. The predicted octanol–water partition coefficient (Wildman–Crippen LogP) is 3.26. The van der Waals surface area contributed by atoms with Gasteiger partial charge in [0.05, 0.1) is 11.8 Å². The normalized spacial score (nSPS) is 29.3. The van der Waals surface area contributed by atoms with Crippen molar-refractivity contribution >= 4 is 5.97 Å². The molecule has 3 atom stereocenters. The first-order valence-corrected chi connectivity index (χ1v) is 7.49. The first-order chi connectivity index (χ1) is 10.4. The van der Waals surface area contributed by atoms with Gasteiger partial charge in [-0.1, -0.05) is 24.3 Å². The number of carboxylic acid groups (broad SMARTS) is 1. The van der Waals surface area contributed by atoms with Crippen molar-refractivity contribution in [3.05, 3.63) is 35.4 Å². The van der Waals surface area contributed by atoms with Crippen LogP contribution in [0.2, 0.25) is 0 Å². The van der Waals surface area contributed by atoms with Crippen LogP contribution in [0.3, 0.4) is 0 Å². The van der Waals surface area contributed by atoms with Crippen LogP contribution in [0.15, 0.2) is 24.3 Å². The number of likely N-dealkylation sites (tertiary alicyclic amines) is 1. The minimum absolute atomic E-state index is 0.0293. The standard InChI is InChI=1S/C16H18F3NO2/c17-16(18,19)13-9-20(8-12(13)15(21)22)14-7-3-5-10-4-1-2-6-11(10)14/h1-2,4,6,12-14H,3,5,7-9H2,(H,21,22)/t12-,13-,14?/m1/s1. The van der Waals surface area contributed by atoms with Crippen LogP contribution in [0.5, 0.6) is 0 Å². The van der Waals surface area contributed by atoms with Crippen molar-refractivity contribution in [2.45, 2.75) is 31.5 Å². The summed E-state index contributed by atoms with van der Waals surface area (Å²) in [5, 5.41) is 9.13. The van der Waals surface area contributed by atoms with Crippen LogP contribution >= 0.6 is 0 Å². The average Bonchev–Trinajstić information content (AvgIpc) is 2.92. The molecule has 1 aliphatic carbocycles. The molecule has 3 nitrogen and oxygen atoms in total. The lowest BCUT2D eigenvalue weighted by Crippen LogP contribution is -2.34. The summed E-state index contributed by atoms with van der Waals surface area (Å²) in [5.41, 5.74) is 2.22. The van der Waals surface area contributed by atoms with Gasteiger partial charge in [0.2, 0.25) is 0 Å². The molecule has 22 heavy (non-hydrogen) atoms. The van der Waals surface area contributed by atoms with E-state index in [2.05, 4.69) is 0 Å². The van der Waals surface area contributed by atoms with Crippen LogP contribution in [0.25, 0.3) is 0 Å². The molecule has 0 saturated carbocycles. The quantitative estimate of drug-likeness (QED) is 0.911. The Balaban J connectivity index is 1.87. The number of rotatable bonds is 2. The second kappa shape index (κ2) is 5.57. The highest BCUT2D eigenvalue weighted by molar-refractivity contribution is 5.71. The highest BCUT2D eigenvalue weighted by atomic mass is 19.4. The molecule has 1 fully saturated rings. The molecule has 3 rings (SSSR count). The Hall–Kier alpha value is -1.56. The van der Waals surface area contributed by atoms with Gasteiger partial charge in [0.25, 0.3) is 0 Å². The summed E-state index contributed by atoms with van der Waals surface area (Å²) in [7, 11) is 0. The van der Waals surface area contributed by atoms with Crippen LogP contribution < -0.4 is 0 Å². The van der Waals surface area contributed by atoms with E-state index >= 15 is 0 Å². The van der Waals surface area contributed by atoms with Crippen molar-refractivity contribution in [2.24, 2.45) is 11.8 Å². The zero-order valence-corrected chi connectivity index (χ0v) is 12.0. The van der Waals surface area contributed by atoms with Crippen LogP contribution in [-0.2, 0) is 11.2 Å². The van der Waals surface area contributed by atoms with Crippen molar-refractivity contribution < 1.29 is 23.1 Å². The fourth-order valence-electron chi connectivity index (χ4n) is 3.78. The number of nitrogens with zero attached hydrogens (tertiary/aromatic N) is 1. The summed E-state index contributed by atoms with van der Waals surface area (Å²) in [6.07, 6.45) is -1.82. The number of hydrogen-bond acceptors (Lipinski definition) is 2. The molecule has 0 amide bonds. The molecule has 1 heterocycles. The summed E-state index contributed by atoms with van der Waals surface area (Å²) in [6.45, 7) is -0.252. The molecule has 0 aromatic heterocycles. The van der Waals surface area contributed by atoms with E-state index in [0.717, 1.165) is 24.8 Å². The molecule has 1 unspecified atom stereocenters. The van der Waals surface area contributed by atoms with E-state index in [0.29, 0.717) is 0 Å². The summed E-state index contributed by atoms with van der Waals surface area (Å²) in [5.74, 6) is -4.50. The Morgan fingerprint density at radius 3 is 2.59 bits per heavy atom. The van der Waals surface area contributed by atoms with Crippen molar-refractivity contribution in [1.29, 1.82) is 0 Å². The van der Waals surface area contributed by atoms with Crippen LogP contribution in [0.4, 0.5) is 13.2 Å². The molecular weight excluding hydrogens is 295 g/mol. The van der Waals surface area contributed by atoms with Crippen LogP contribution in [0, 0.1) is 11.8 Å². The van der Waals surface area contributed by atoms with E-state index in [4.69, 9.17) is 5.11 Å². The summed E-state index contributed by atoms with van der Waals surface area (Å²) < 4.78 is 39.4. The number of aliphatic carboxylic acids is 1. The minimum atomic E-state index is -4.47. The minimum Gasteiger partial charge on any atom is -0.481 e. The summed E-state index contributed by atoms with van der Waals surface area (Å²) in [6, 6.07) is 7.69. The van der Waals surface area contributed by atoms with Gasteiger partial charge in [0.1, 0.15) is 0 Å². The molecule has 120 valence electrons. The molecule has 2 aliphatic rings. The van der Waals surface area contributed by atoms with E-state index in [9.17, 15) is 18.0 Å². The first-order valence-electron chi connectivity index (χ1n) is 7.49. The van der Waals surface area contributed by atoms with Crippen molar-refractivity contribution in [3.63, 3.8) is 0 Å². The Morgan fingerprint density at radius 2 is 1.95 bits per heavy atom. The highest BCUT2D eigenvalue weighted by Crippen LogP contribution is 2.43. The lowest BCUT2D eigenvalue weighted by Gasteiger charge is -2.33. The Morgan fingerprint density at radius 1 is 1.23 bits per heavy atom. The second-order valence-corrected chi connectivity index (χ2v) is 6.15. The van der Waals surface area contributed by atoms with Crippen molar-refractivity contribution in [2.75, 3.05) is 13.1 Å². The number of aryl methyl sites for hydroxylation is 1. The zero-order chi connectivity index (χ0) is 15.9. The maximum atomic E-state index is 13.1. The molecule has 1 aromatic rings. The van der Waals surface area contributed by atoms with Crippen LogP contribution in [-0.4, -0.2) is 35.2 Å². The topological polar surface area (TPSA) is 40.5 Å². The lowest BCUT2D eigenvalue weighted by atomic mass is 9.87. The van der Waals surface area contributed by atoms with E-state index < -0.39 is 24.0 Å². The van der Waals surface area contributed by atoms with E-state index in [1.807, 2.05) is 24.3 Å². The average molecular weight is 313 g/mol. The van der Waals surface area contributed by atoms with E-state index in [-0.39, 0.29) is 19.1 Å². The Labute approximate surface area is 126 Å². The largest absolute Gasteiger partial charge is 0.481 e. The fourth-order valence-corrected chi connectivity index (χ4v) is 3.78. The zero-order valence-electron chi connectivity index (χ0n) is 12.0. The third kappa shape index (κ3) is 2.72. The molecule has 6 heteroatoms. The second-order valence-electron chi connectivity index (χ2n) is 6.15. The third-order valence-corrected chi connectivity index (χ3v) is 4.86. The molecule has 0 radical (unpaired) electrons. The Kier molecular flexibility index (Phi) is 3.89. The van der Waals surface area contributed by atoms with Gasteiger partial charge in [-0.3, -0.25) is 9.69 Å². The van der Waals surface area contributed by atoms with E-state index in [1.165, 1.54) is 5.56 Å². The van der Waals surface area contributed by atoms with Gasteiger partial charge in [0.15, 0.2) is 0 Å². The number of hydrogen-bond donors (Lipinski definition) is 1. The maximum Gasteiger partial charge on any atom is 0.393 e. The number of halogens is 3. The number of alkyl halides is 3. The number of fused-ring (bicyclic) bond motifs is 1.